The number of benzene rings is 1. The van der Waals surface area contributed by atoms with Crippen molar-refractivity contribution in [2.75, 3.05) is 0 Å². The van der Waals surface area contributed by atoms with Gasteiger partial charge in [-0.05, 0) is 31.9 Å². The number of nitrogens with one attached hydrogen (secondary N) is 1. The van der Waals surface area contributed by atoms with Gasteiger partial charge in [0.1, 0.15) is 6.17 Å². The summed E-state index contributed by atoms with van der Waals surface area (Å²) in [6, 6.07) is 6.36. The number of aryl methyl sites for hydroxylation is 1. The molecule has 0 spiro atoms. The molecular formula is C11H14FNO2S. The first-order valence-electron chi connectivity index (χ1n) is 5.20. The van der Waals surface area contributed by atoms with E-state index in [1.54, 1.807) is 24.3 Å². The van der Waals surface area contributed by atoms with Gasteiger partial charge in [-0.3, -0.25) is 0 Å². The highest BCUT2D eigenvalue weighted by Gasteiger charge is 2.32. The van der Waals surface area contributed by atoms with Crippen LogP contribution in [-0.2, 0) is 10.0 Å². The summed E-state index contributed by atoms with van der Waals surface area (Å²) in [5, 5.41) is 0. The Morgan fingerprint density at radius 2 is 1.81 bits per heavy atom. The highest BCUT2D eigenvalue weighted by molar-refractivity contribution is 7.89. The summed E-state index contributed by atoms with van der Waals surface area (Å²) >= 11 is 0. The lowest BCUT2D eigenvalue weighted by Crippen LogP contribution is -2.45. The molecular weight excluding hydrogens is 229 g/mol. The Hall–Kier alpha value is -0.940. The van der Waals surface area contributed by atoms with Crippen LogP contribution in [0.15, 0.2) is 29.2 Å². The largest absolute Gasteiger partial charge is 0.247 e. The molecule has 1 fully saturated rings. The quantitative estimate of drug-likeness (QED) is 0.879. The zero-order chi connectivity index (χ0) is 11.8. The van der Waals surface area contributed by atoms with Crippen molar-refractivity contribution in [1.29, 1.82) is 0 Å². The van der Waals surface area contributed by atoms with E-state index in [2.05, 4.69) is 4.72 Å². The molecule has 0 aromatic heterocycles. The van der Waals surface area contributed by atoms with Gasteiger partial charge in [-0.1, -0.05) is 17.7 Å². The summed E-state index contributed by atoms with van der Waals surface area (Å²) in [4.78, 5) is 0.236. The van der Waals surface area contributed by atoms with Crippen LogP contribution in [0.3, 0.4) is 0 Å². The number of rotatable bonds is 3. The lowest BCUT2D eigenvalue weighted by molar-refractivity contribution is 0.171. The fourth-order valence-corrected chi connectivity index (χ4v) is 2.91. The van der Waals surface area contributed by atoms with E-state index in [4.69, 9.17) is 0 Å². The van der Waals surface area contributed by atoms with E-state index >= 15 is 0 Å². The standard InChI is InChI=1S/C11H14FNO2S/c1-8-2-4-11(5-3-8)16(14,15)13-10-6-9(12)7-10/h2-5,9-10,13H,6-7H2,1H3. The van der Waals surface area contributed by atoms with Gasteiger partial charge in [0.2, 0.25) is 10.0 Å². The molecule has 2 rings (SSSR count). The average molecular weight is 243 g/mol. The molecule has 1 aromatic carbocycles. The van der Waals surface area contributed by atoms with Crippen LogP contribution in [-0.4, -0.2) is 20.6 Å². The van der Waals surface area contributed by atoms with Crippen molar-refractivity contribution in [3.63, 3.8) is 0 Å². The van der Waals surface area contributed by atoms with E-state index in [1.165, 1.54) is 0 Å². The van der Waals surface area contributed by atoms with Gasteiger partial charge < -0.3 is 0 Å². The van der Waals surface area contributed by atoms with Gasteiger partial charge in [-0.15, -0.1) is 0 Å². The fraction of sp³-hybridized carbons (Fsp3) is 0.455. The maximum atomic E-state index is 12.6. The zero-order valence-corrected chi connectivity index (χ0v) is 9.80. The molecule has 0 heterocycles. The zero-order valence-electron chi connectivity index (χ0n) is 8.98. The topological polar surface area (TPSA) is 46.2 Å². The number of hydrogen-bond donors (Lipinski definition) is 1. The molecule has 0 saturated heterocycles. The molecule has 0 aliphatic heterocycles. The van der Waals surface area contributed by atoms with Crippen LogP contribution in [0.2, 0.25) is 0 Å². The molecule has 0 bridgehead atoms. The minimum atomic E-state index is -3.48. The molecule has 3 nitrogen and oxygen atoms in total. The number of sulfonamides is 1. The summed E-state index contributed by atoms with van der Waals surface area (Å²) in [6.45, 7) is 1.89. The van der Waals surface area contributed by atoms with Crippen LogP contribution >= 0.6 is 0 Å². The summed E-state index contributed by atoms with van der Waals surface area (Å²) in [5.74, 6) is 0. The van der Waals surface area contributed by atoms with E-state index < -0.39 is 16.2 Å². The summed E-state index contributed by atoms with van der Waals surface area (Å²) in [6.07, 6.45) is -0.290. The Kier molecular flexibility index (Phi) is 2.99. The van der Waals surface area contributed by atoms with Crippen molar-refractivity contribution < 1.29 is 12.8 Å². The Balaban J connectivity index is 2.10. The van der Waals surface area contributed by atoms with Crippen LogP contribution < -0.4 is 4.72 Å². The van der Waals surface area contributed by atoms with Crippen LogP contribution in [0.1, 0.15) is 18.4 Å². The van der Waals surface area contributed by atoms with Crippen LogP contribution in [0.25, 0.3) is 0 Å². The molecule has 88 valence electrons. The minimum Gasteiger partial charge on any atom is -0.247 e. The second-order valence-corrected chi connectivity index (χ2v) is 5.91. The average Bonchev–Trinajstić information content (AvgIpc) is 2.15. The van der Waals surface area contributed by atoms with Gasteiger partial charge >= 0.3 is 0 Å². The lowest BCUT2D eigenvalue weighted by atomic mass is 9.92. The number of halogens is 1. The van der Waals surface area contributed by atoms with E-state index in [0.717, 1.165) is 5.56 Å². The Labute approximate surface area is 94.7 Å². The van der Waals surface area contributed by atoms with Crippen LogP contribution in [0, 0.1) is 6.92 Å². The summed E-state index contributed by atoms with van der Waals surface area (Å²) in [5.41, 5.74) is 1.01. The van der Waals surface area contributed by atoms with Gasteiger partial charge in [0, 0.05) is 6.04 Å². The predicted molar refractivity (Wildman–Crippen MR) is 59.4 cm³/mol. The Morgan fingerprint density at radius 1 is 1.25 bits per heavy atom. The van der Waals surface area contributed by atoms with Crippen molar-refractivity contribution in [1.82, 2.24) is 4.72 Å². The van der Waals surface area contributed by atoms with Gasteiger partial charge in [-0.2, -0.15) is 0 Å². The molecule has 0 atom stereocenters. The highest BCUT2D eigenvalue weighted by atomic mass is 32.2. The molecule has 0 unspecified atom stereocenters. The highest BCUT2D eigenvalue weighted by Crippen LogP contribution is 2.24. The van der Waals surface area contributed by atoms with Gasteiger partial charge in [-0.25, -0.2) is 17.5 Å². The van der Waals surface area contributed by atoms with Gasteiger partial charge in [0.25, 0.3) is 0 Å². The van der Waals surface area contributed by atoms with Gasteiger partial charge in [0.15, 0.2) is 0 Å². The molecule has 0 radical (unpaired) electrons. The molecule has 1 aliphatic carbocycles. The molecule has 1 N–H and O–H groups in total. The molecule has 0 amide bonds. The number of alkyl halides is 1. The summed E-state index contributed by atoms with van der Waals surface area (Å²) in [7, 11) is -3.48. The normalized spacial score (nSPS) is 25.1. The molecule has 1 aromatic rings. The first-order chi connectivity index (χ1) is 7.47. The maximum Gasteiger partial charge on any atom is 0.240 e. The SMILES string of the molecule is Cc1ccc(S(=O)(=O)NC2CC(F)C2)cc1. The monoisotopic (exact) mass is 243 g/mol. The van der Waals surface area contributed by atoms with Crippen molar-refractivity contribution in [3.8, 4) is 0 Å². The van der Waals surface area contributed by atoms with E-state index in [9.17, 15) is 12.8 Å². The van der Waals surface area contributed by atoms with E-state index in [1.807, 2.05) is 6.92 Å². The second-order valence-electron chi connectivity index (χ2n) is 4.20. The third-order valence-electron chi connectivity index (χ3n) is 2.73. The van der Waals surface area contributed by atoms with E-state index in [0.29, 0.717) is 0 Å². The third-order valence-corrected chi connectivity index (χ3v) is 4.27. The number of hydrogen-bond acceptors (Lipinski definition) is 2. The molecule has 1 aliphatic rings. The Bertz CT molecular complexity index is 463. The first-order valence-corrected chi connectivity index (χ1v) is 6.69. The molecule has 5 heteroatoms. The van der Waals surface area contributed by atoms with Crippen LogP contribution in [0.4, 0.5) is 4.39 Å². The lowest BCUT2D eigenvalue weighted by Gasteiger charge is -2.29. The van der Waals surface area contributed by atoms with Gasteiger partial charge in [0.05, 0.1) is 4.90 Å². The summed E-state index contributed by atoms with van der Waals surface area (Å²) < 4.78 is 38.7. The van der Waals surface area contributed by atoms with Crippen LogP contribution in [0.5, 0.6) is 0 Å². The molecule has 1 saturated carbocycles. The van der Waals surface area contributed by atoms with Crippen molar-refractivity contribution in [3.05, 3.63) is 29.8 Å². The minimum absolute atomic E-state index is 0.236. The first kappa shape index (κ1) is 11.5. The smallest absolute Gasteiger partial charge is 0.240 e. The van der Waals surface area contributed by atoms with Crippen molar-refractivity contribution >= 4 is 10.0 Å². The second kappa shape index (κ2) is 4.14. The Morgan fingerprint density at radius 3 is 2.31 bits per heavy atom. The van der Waals surface area contributed by atoms with Crippen molar-refractivity contribution in [2.45, 2.75) is 36.9 Å². The fourth-order valence-electron chi connectivity index (χ4n) is 1.65. The maximum absolute atomic E-state index is 12.6. The predicted octanol–water partition coefficient (Wildman–Crippen LogP) is 1.77. The third kappa shape index (κ3) is 2.41. The molecule has 16 heavy (non-hydrogen) atoms. The van der Waals surface area contributed by atoms with E-state index in [-0.39, 0.29) is 23.8 Å². The van der Waals surface area contributed by atoms with Crippen molar-refractivity contribution in [2.24, 2.45) is 0 Å².